The Hall–Kier alpha value is -1.88. The summed E-state index contributed by atoms with van der Waals surface area (Å²) >= 11 is 5.63. The van der Waals surface area contributed by atoms with Gasteiger partial charge in [-0.15, -0.1) is 0 Å². The lowest BCUT2D eigenvalue weighted by Gasteiger charge is -2.16. The predicted octanol–water partition coefficient (Wildman–Crippen LogP) is 4.99. The molecule has 0 unspecified atom stereocenters. The van der Waals surface area contributed by atoms with Crippen molar-refractivity contribution in [1.29, 1.82) is 0 Å². The average Bonchev–Trinajstić information content (AvgIpc) is 2.36. The molecule has 20 heavy (non-hydrogen) atoms. The topological polar surface area (TPSA) is 38.0 Å². The van der Waals surface area contributed by atoms with Gasteiger partial charge in [-0.05, 0) is 42.8 Å². The van der Waals surface area contributed by atoms with Crippen molar-refractivity contribution in [1.82, 2.24) is 0 Å². The summed E-state index contributed by atoms with van der Waals surface area (Å²) in [5, 5.41) is 2.79. The van der Waals surface area contributed by atoms with Crippen LogP contribution in [0.4, 0.5) is 30.2 Å². The molecule has 0 heterocycles. The van der Waals surface area contributed by atoms with Crippen LogP contribution in [0.1, 0.15) is 11.1 Å². The van der Waals surface area contributed by atoms with E-state index in [9.17, 15) is 13.2 Å². The van der Waals surface area contributed by atoms with Crippen LogP contribution in [0.5, 0.6) is 0 Å². The normalized spacial score (nSPS) is 11.4. The summed E-state index contributed by atoms with van der Waals surface area (Å²) in [5.74, 6) is 0. The molecule has 0 amide bonds. The molecular formula is C14H12ClF3N2. The fourth-order valence-corrected chi connectivity index (χ4v) is 1.97. The minimum absolute atomic E-state index is 0.0344. The Morgan fingerprint density at radius 3 is 2.45 bits per heavy atom. The molecule has 2 rings (SSSR count). The summed E-state index contributed by atoms with van der Waals surface area (Å²) in [5.41, 5.74) is 6.59. The molecular weight excluding hydrogens is 289 g/mol. The van der Waals surface area contributed by atoms with E-state index in [0.29, 0.717) is 16.9 Å². The highest BCUT2D eigenvalue weighted by Crippen LogP contribution is 2.38. The molecule has 6 heteroatoms. The zero-order chi connectivity index (χ0) is 14.9. The maximum atomic E-state index is 13.0. The summed E-state index contributed by atoms with van der Waals surface area (Å²) in [6, 6.07) is 8.63. The first kappa shape index (κ1) is 14.5. The van der Waals surface area contributed by atoms with Crippen LogP contribution in [0.3, 0.4) is 0 Å². The molecule has 3 N–H and O–H groups in total. The molecule has 2 aromatic carbocycles. The minimum atomic E-state index is -4.48. The van der Waals surface area contributed by atoms with Crippen molar-refractivity contribution in [3.8, 4) is 0 Å². The van der Waals surface area contributed by atoms with E-state index < -0.39 is 11.7 Å². The molecule has 0 radical (unpaired) electrons. The maximum Gasteiger partial charge on any atom is 0.418 e. The van der Waals surface area contributed by atoms with E-state index in [1.807, 2.05) is 0 Å². The van der Waals surface area contributed by atoms with Crippen molar-refractivity contribution in [3.05, 3.63) is 52.5 Å². The van der Waals surface area contributed by atoms with Gasteiger partial charge in [0.2, 0.25) is 0 Å². The van der Waals surface area contributed by atoms with Crippen LogP contribution in [0.15, 0.2) is 36.4 Å². The van der Waals surface area contributed by atoms with Gasteiger partial charge in [-0.3, -0.25) is 0 Å². The van der Waals surface area contributed by atoms with Crippen LogP contribution in [0, 0.1) is 6.92 Å². The number of halogens is 4. The Morgan fingerprint density at radius 1 is 1.10 bits per heavy atom. The molecule has 0 saturated heterocycles. The van der Waals surface area contributed by atoms with Gasteiger partial charge >= 0.3 is 6.18 Å². The van der Waals surface area contributed by atoms with E-state index in [-0.39, 0.29) is 10.7 Å². The summed E-state index contributed by atoms with van der Waals surface area (Å²) in [4.78, 5) is 0. The van der Waals surface area contributed by atoms with Gasteiger partial charge in [0.1, 0.15) is 0 Å². The van der Waals surface area contributed by atoms with E-state index in [2.05, 4.69) is 5.32 Å². The molecule has 0 aliphatic carbocycles. The first-order chi connectivity index (χ1) is 9.29. The lowest BCUT2D eigenvalue weighted by atomic mass is 10.1. The zero-order valence-corrected chi connectivity index (χ0v) is 11.3. The lowest BCUT2D eigenvalue weighted by molar-refractivity contribution is -0.136. The van der Waals surface area contributed by atoms with E-state index in [0.717, 1.165) is 6.07 Å². The van der Waals surface area contributed by atoms with Gasteiger partial charge in [0.05, 0.1) is 11.3 Å². The van der Waals surface area contributed by atoms with E-state index >= 15 is 0 Å². The molecule has 2 aromatic rings. The molecule has 0 aromatic heterocycles. The van der Waals surface area contributed by atoms with Crippen LogP contribution < -0.4 is 11.1 Å². The SMILES string of the molecule is Cc1c(N)cccc1Nc1ccc(Cl)cc1C(F)(F)F. The second-order valence-corrected chi connectivity index (χ2v) is 4.77. The quantitative estimate of drug-likeness (QED) is 0.767. The van der Waals surface area contributed by atoms with Crippen molar-refractivity contribution in [3.63, 3.8) is 0 Å². The van der Waals surface area contributed by atoms with Crippen molar-refractivity contribution < 1.29 is 13.2 Å². The number of nitrogen functional groups attached to an aromatic ring is 1. The monoisotopic (exact) mass is 300 g/mol. The Morgan fingerprint density at radius 2 is 1.80 bits per heavy atom. The van der Waals surface area contributed by atoms with Crippen LogP contribution in [0.2, 0.25) is 5.02 Å². The highest BCUT2D eigenvalue weighted by Gasteiger charge is 2.33. The van der Waals surface area contributed by atoms with Gasteiger partial charge in [0.25, 0.3) is 0 Å². The second kappa shape index (κ2) is 5.25. The Kier molecular flexibility index (Phi) is 3.81. The summed E-state index contributed by atoms with van der Waals surface area (Å²) in [7, 11) is 0. The first-order valence-electron chi connectivity index (χ1n) is 5.78. The van der Waals surface area contributed by atoms with Crippen LogP contribution in [0.25, 0.3) is 0 Å². The fraction of sp³-hybridized carbons (Fsp3) is 0.143. The van der Waals surface area contributed by atoms with Gasteiger partial charge in [0, 0.05) is 16.4 Å². The van der Waals surface area contributed by atoms with Gasteiger partial charge in [0.15, 0.2) is 0 Å². The number of anilines is 3. The third-order valence-electron chi connectivity index (χ3n) is 2.93. The molecule has 0 aliphatic rings. The first-order valence-corrected chi connectivity index (χ1v) is 6.15. The lowest BCUT2D eigenvalue weighted by Crippen LogP contribution is -2.09. The summed E-state index contributed by atoms with van der Waals surface area (Å²) in [6.45, 7) is 1.74. The number of rotatable bonds is 2. The summed E-state index contributed by atoms with van der Waals surface area (Å²) in [6.07, 6.45) is -4.48. The molecule has 2 nitrogen and oxygen atoms in total. The largest absolute Gasteiger partial charge is 0.418 e. The molecule has 0 fully saturated rings. The second-order valence-electron chi connectivity index (χ2n) is 4.33. The predicted molar refractivity (Wildman–Crippen MR) is 75.3 cm³/mol. The Balaban J connectivity index is 2.46. The third-order valence-corrected chi connectivity index (χ3v) is 3.17. The molecule has 0 atom stereocenters. The van der Waals surface area contributed by atoms with Crippen molar-refractivity contribution in [2.45, 2.75) is 13.1 Å². The van der Waals surface area contributed by atoms with Crippen molar-refractivity contribution in [2.75, 3.05) is 11.1 Å². The van der Waals surface area contributed by atoms with Crippen molar-refractivity contribution >= 4 is 28.7 Å². The number of nitrogens with one attached hydrogen (secondary N) is 1. The standard InChI is InChI=1S/C14H12ClF3N2/c1-8-11(19)3-2-4-12(8)20-13-6-5-9(15)7-10(13)14(16,17)18/h2-7,20H,19H2,1H3. The third kappa shape index (κ3) is 2.99. The fourth-order valence-electron chi connectivity index (χ4n) is 1.79. The number of nitrogens with two attached hydrogens (primary N) is 1. The number of alkyl halides is 3. The smallest absolute Gasteiger partial charge is 0.398 e. The van der Waals surface area contributed by atoms with Gasteiger partial charge in [-0.25, -0.2) is 0 Å². The minimum Gasteiger partial charge on any atom is -0.398 e. The highest BCUT2D eigenvalue weighted by molar-refractivity contribution is 6.30. The molecule has 0 bridgehead atoms. The molecule has 106 valence electrons. The molecule has 0 spiro atoms. The number of hydrogen-bond acceptors (Lipinski definition) is 2. The maximum absolute atomic E-state index is 13.0. The number of benzene rings is 2. The van der Waals surface area contributed by atoms with Crippen LogP contribution in [-0.2, 0) is 6.18 Å². The van der Waals surface area contributed by atoms with E-state index in [1.54, 1.807) is 25.1 Å². The number of hydrogen-bond donors (Lipinski definition) is 2. The van der Waals surface area contributed by atoms with Gasteiger partial charge in [-0.1, -0.05) is 17.7 Å². The Bertz CT molecular complexity index is 639. The van der Waals surface area contributed by atoms with Gasteiger partial charge < -0.3 is 11.1 Å². The molecule has 0 saturated carbocycles. The van der Waals surface area contributed by atoms with Crippen molar-refractivity contribution in [2.24, 2.45) is 0 Å². The van der Waals surface area contributed by atoms with E-state index in [4.69, 9.17) is 17.3 Å². The Labute approximate surface area is 119 Å². The highest BCUT2D eigenvalue weighted by atomic mass is 35.5. The van der Waals surface area contributed by atoms with Crippen LogP contribution >= 0.6 is 11.6 Å². The van der Waals surface area contributed by atoms with E-state index in [1.165, 1.54) is 12.1 Å². The van der Waals surface area contributed by atoms with Gasteiger partial charge in [-0.2, -0.15) is 13.2 Å². The molecule has 0 aliphatic heterocycles. The van der Waals surface area contributed by atoms with Crippen LogP contribution in [-0.4, -0.2) is 0 Å². The zero-order valence-electron chi connectivity index (χ0n) is 10.6. The summed E-state index contributed by atoms with van der Waals surface area (Å²) < 4.78 is 39.0. The average molecular weight is 301 g/mol.